The normalized spacial score (nSPS) is 15.2. The number of benzene rings is 2. The molecule has 0 fully saturated rings. The molecule has 2 heterocycles. The highest BCUT2D eigenvalue weighted by Crippen LogP contribution is 2.31. The summed E-state index contributed by atoms with van der Waals surface area (Å²) < 4.78 is 23.4. The van der Waals surface area contributed by atoms with Crippen LogP contribution < -0.4 is 19.5 Å². The highest BCUT2D eigenvalue weighted by atomic mass is 16.5. The Balaban J connectivity index is 1.49. The van der Waals surface area contributed by atoms with Gasteiger partial charge in [-0.05, 0) is 29.8 Å². The summed E-state index contributed by atoms with van der Waals surface area (Å²) in [4.78, 5) is 12.8. The third kappa shape index (κ3) is 3.79. The van der Waals surface area contributed by atoms with E-state index in [1.54, 1.807) is 37.1 Å². The molecule has 30 heavy (non-hydrogen) atoms. The predicted molar refractivity (Wildman–Crippen MR) is 108 cm³/mol. The number of nitrogens with zero attached hydrogens (tertiary/aromatic N) is 3. The van der Waals surface area contributed by atoms with Gasteiger partial charge < -0.3 is 24.3 Å². The molecule has 0 unspecified atom stereocenters. The van der Waals surface area contributed by atoms with Gasteiger partial charge in [-0.25, -0.2) is 4.68 Å². The van der Waals surface area contributed by atoms with Crippen LogP contribution in [0, 0.1) is 0 Å². The number of fused-ring (bicyclic) bond motifs is 1. The van der Waals surface area contributed by atoms with E-state index in [9.17, 15) is 4.79 Å². The lowest BCUT2D eigenvalue weighted by Gasteiger charge is -2.24. The standard InChI is InChI=1S/C21H22N4O5/c1-27-15-7-4-13(5-8-15)19-11-25-16(12-30-19)20(23-24-25)21(26)22-14-6-9-17(28-2)18(10-14)29-3/h4-10,19H,11-12H2,1-3H3,(H,22,26)/t19-/m1/s1. The molecule has 156 valence electrons. The third-order valence-electron chi connectivity index (χ3n) is 4.94. The zero-order valence-corrected chi connectivity index (χ0v) is 16.9. The van der Waals surface area contributed by atoms with Crippen LogP contribution in [0.3, 0.4) is 0 Å². The molecule has 0 radical (unpaired) electrons. The van der Waals surface area contributed by atoms with Crippen LogP contribution >= 0.6 is 0 Å². The number of carbonyl (C=O) groups is 1. The molecule has 1 atom stereocenters. The number of methoxy groups -OCH3 is 3. The van der Waals surface area contributed by atoms with Crippen molar-refractivity contribution in [3.05, 3.63) is 59.4 Å². The minimum Gasteiger partial charge on any atom is -0.497 e. The van der Waals surface area contributed by atoms with E-state index in [2.05, 4.69) is 15.6 Å². The molecular weight excluding hydrogens is 388 g/mol. The zero-order chi connectivity index (χ0) is 21.1. The van der Waals surface area contributed by atoms with Crippen LogP contribution in [-0.2, 0) is 17.9 Å². The quantitative estimate of drug-likeness (QED) is 0.667. The van der Waals surface area contributed by atoms with Gasteiger partial charge in [0.05, 0.1) is 40.2 Å². The molecule has 0 spiro atoms. The van der Waals surface area contributed by atoms with E-state index in [-0.39, 0.29) is 24.3 Å². The minimum absolute atomic E-state index is 0.174. The molecule has 0 saturated heterocycles. The molecule has 1 amide bonds. The number of ether oxygens (including phenoxy) is 4. The fraction of sp³-hybridized carbons (Fsp3) is 0.286. The summed E-state index contributed by atoms with van der Waals surface area (Å²) in [6.45, 7) is 0.705. The molecule has 1 N–H and O–H groups in total. The number of hydrogen-bond acceptors (Lipinski definition) is 7. The molecule has 2 aromatic carbocycles. The van der Waals surface area contributed by atoms with Gasteiger partial charge in [-0.2, -0.15) is 0 Å². The van der Waals surface area contributed by atoms with Crippen LogP contribution in [0.4, 0.5) is 5.69 Å². The second-order valence-corrected chi connectivity index (χ2v) is 6.66. The summed E-state index contributed by atoms with van der Waals surface area (Å²) in [7, 11) is 4.72. The van der Waals surface area contributed by atoms with Crippen molar-refractivity contribution in [1.82, 2.24) is 15.0 Å². The van der Waals surface area contributed by atoms with E-state index in [1.165, 1.54) is 7.11 Å². The summed E-state index contributed by atoms with van der Waals surface area (Å²) >= 11 is 0. The van der Waals surface area contributed by atoms with Crippen molar-refractivity contribution >= 4 is 11.6 Å². The topological polar surface area (TPSA) is 96.7 Å². The predicted octanol–water partition coefficient (Wildman–Crippen LogP) is 2.83. The van der Waals surface area contributed by atoms with Gasteiger partial charge in [0, 0.05) is 11.8 Å². The number of carbonyl (C=O) groups excluding carboxylic acids is 1. The van der Waals surface area contributed by atoms with E-state index >= 15 is 0 Å². The first kappa shape index (κ1) is 19.7. The number of anilines is 1. The van der Waals surface area contributed by atoms with Gasteiger partial charge >= 0.3 is 0 Å². The summed E-state index contributed by atoms with van der Waals surface area (Å²) in [5.74, 6) is 1.51. The maximum atomic E-state index is 12.8. The van der Waals surface area contributed by atoms with Gasteiger partial charge in [-0.15, -0.1) is 5.10 Å². The van der Waals surface area contributed by atoms with E-state index < -0.39 is 0 Å². The van der Waals surface area contributed by atoms with Gasteiger partial charge in [0.25, 0.3) is 5.91 Å². The first-order valence-electron chi connectivity index (χ1n) is 9.34. The zero-order valence-electron chi connectivity index (χ0n) is 16.9. The fourth-order valence-corrected chi connectivity index (χ4v) is 3.31. The van der Waals surface area contributed by atoms with Crippen molar-refractivity contribution < 1.29 is 23.7 Å². The van der Waals surface area contributed by atoms with Gasteiger partial charge in [-0.3, -0.25) is 4.79 Å². The Morgan fingerprint density at radius 2 is 1.83 bits per heavy atom. The molecule has 0 bridgehead atoms. The molecular formula is C21H22N4O5. The Bertz CT molecular complexity index is 1050. The molecule has 1 aromatic heterocycles. The van der Waals surface area contributed by atoms with Crippen molar-refractivity contribution in [1.29, 1.82) is 0 Å². The molecule has 0 saturated carbocycles. The smallest absolute Gasteiger partial charge is 0.278 e. The molecule has 9 heteroatoms. The van der Waals surface area contributed by atoms with Crippen molar-refractivity contribution in [3.8, 4) is 17.2 Å². The summed E-state index contributed by atoms with van der Waals surface area (Å²) in [5.41, 5.74) is 2.44. The van der Waals surface area contributed by atoms with Crippen molar-refractivity contribution in [3.63, 3.8) is 0 Å². The summed E-state index contributed by atoms with van der Waals surface area (Å²) in [6, 6.07) is 12.8. The summed E-state index contributed by atoms with van der Waals surface area (Å²) in [5, 5.41) is 11.0. The van der Waals surface area contributed by atoms with Crippen molar-refractivity contribution in [2.75, 3.05) is 26.6 Å². The second-order valence-electron chi connectivity index (χ2n) is 6.66. The largest absolute Gasteiger partial charge is 0.497 e. The van der Waals surface area contributed by atoms with Crippen LogP contribution in [0.5, 0.6) is 17.2 Å². The molecule has 3 aromatic rings. The van der Waals surface area contributed by atoms with E-state index in [1.807, 2.05) is 24.3 Å². The van der Waals surface area contributed by atoms with Gasteiger partial charge in [0.1, 0.15) is 11.9 Å². The number of hydrogen-bond donors (Lipinski definition) is 1. The third-order valence-corrected chi connectivity index (χ3v) is 4.94. The monoisotopic (exact) mass is 410 g/mol. The molecule has 4 rings (SSSR count). The number of nitrogens with one attached hydrogen (secondary N) is 1. The average molecular weight is 410 g/mol. The maximum absolute atomic E-state index is 12.8. The lowest BCUT2D eigenvalue weighted by atomic mass is 10.1. The Morgan fingerprint density at radius 3 is 2.53 bits per heavy atom. The Morgan fingerprint density at radius 1 is 1.07 bits per heavy atom. The van der Waals surface area contributed by atoms with Gasteiger partial charge in [-0.1, -0.05) is 17.3 Å². The minimum atomic E-state index is -0.366. The van der Waals surface area contributed by atoms with Crippen LogP contribution in [0.1, 0.15) is 27.8 Å². The van der Waals surface area contributed by atoms with Crippen LogP contribution in [0.15, 0.2) is 42.5 Å². The number of aromatic nitrogens is 3. The van der Waals surface area contributed by atoms with Crippen molar-refractivity contribution in [2.45, 2.75) is 19.3 Å². The fourth-order valence-electron chi connectivity index (χ4n) is 3.31. The Hall–Kier alpha value is -3.59. The van der Waals surface area contributed by atoms with E-state index in [0.29, 0.717) is 29.4 Å². The first-order chi connectivity index (χ1) is 14.6. The highest BCUT2D eigenvalue weighted by Gasteiger charge is 2.28. The van der Waals surface area contributed by atoms with Crippen LogP contribution in [-0.4, -0.2) is 42.2 Å². The SMILES string of the molecule is COc1ccc([C@H]2Cn3nnc(C(=O)Nc4ccc(OC)c(OC)c4)c3CO2)cc1. The summed E-state index contributed by atoms with van der Waals surface area (Å²) in [6.07, 6.45) is -0.174. The van der Waals surface area contributed by atoms with Gasteiger partial charge in [0.2, 0.25) is 0 Å². The first-order valence-corrected chi connectivity index (χ1v) is 9.34. The van der Waals surface area contributed by atoms with E-state index in [4.69, 9.17) is 18.9 Å². The maximum Gasteiger partial charge on any atom is 0.278 e. The lowest BCUT2D eigenvalue weighted by Crippen LogP contribution is -2.24. The lowest BCUT2D eigenvalue weighted by molar-refractivity contribution is -0.00173. The van der Waals surface area contributed by atoms with E-state index in [0.717, 1.165) is 11.3 Å². The number of amides is 1. The Labute approximate surface area is 173 Å². The molecule has 1 aliphatic rings. The highest BCUT2D eigenvalue weighted by molar-refractivity contribution is 6.03. The Kier molecular flexibility index (Phi) is 5.53. The molecule has 1 aliphatic heterocycles. The second kappa shape index (κ2) is 8.42. The molecule has 0 aliphatic carbocycles. The van der Waals surface area contributed by atoms with Crippen LogP contribution in [0.2, 0.25) is 0 Å². The van der Waals surface area contributed by atoms with Gasteiger partial charge in [0.15, 0.2) is 17.2 Å². The molecule has 9 nitrogen and oxygen atoms in total. The number of rotatable bonds is 6. The van der Waals surface area contributed by atoms with Crippen molar-refractivity contribution in [2.24, 2.45) is 0 Å². The average Bonchev–Trinajstić information content (AvgIpc) is 3.22. The van der Waals surface area contributed by atoms with Crippen LogP contribution in [0.25, 0.3) is 0 Å².